The van der Waals surface area contributed by atoms with Crippen LogP contribution in [-0.4, -0.2) is 13.1 Å². The van der Waals surface area contributed by atoms with Crippen LogP contribution in [0.4, 0.5) is 5.69 Å². The summed E-state index contributed by atoms with van der Waals surface area (Å²) in [6, 6.07) is 12.0. The Morgan fingerprint density at radius 3 is 2.75 bits per heavy atom. The van der Waals surface area contributed by atoms with E-state index in [4.69, 9.17) is 22.1 Å². The fourth-order valence-electron chi connectivity index (χ4n) is 2.82. The smallest absolute Gasteiger partial charge is 0.193 e. The van der Waals surface area contributed by atoms with E-state index in [2.05, 4.69) is 28.5 Å². The van der Waals surface area contributed by atoms with Gasteiger partial charge in [0.1, 0.15) is 5.75 Å². The zero-order valence-corrected chi connectivity index (χ0v) is 16.6. The summed E-state index contributed by atoms with van der Waals surface area (Å²) < 4.78 is 5.14. The van der Waals surface area contributed by atoms with Crippen LogP contribution in [0.3, 0.4) is 0 Å². The van der Waals surface area contributed by atoms with Crippen LogP contribution in [-0.2, 0) is 19.4 Å². The second kappa shape index (κ2) is 8.58. The second-order valence-electron chi connectivity index (χ2n) is 5.63. The Balaban J connectivity index is 0.00000208. The molecule has 6 heteroatoms. The SMILES string of the molecule is COc1ccc(CN=C(N)Nc2ccc3c(c2)CCC3)cc1Cl.I. The summed E-state index contributed by atoms with van der Waals surface area (Å²) in [6.45, 7) is 0.466. The third-order valence-corrected chi connectivity index (χ3v) is 4.31. The average molecular weight is 458 g/mol. The number of ether oxygens (including phenoxy) is 1. The van der Waals surface area contributed by atoms with E-state index in [-0.39, 0.29) is 24.0 Å². The molecule has 0 saturated heterocycles. The highest BCUT2D eigenvalue weighted by Gasteiger charge is 2.10. The van der Waals surface area contributed by atoms with E-state index in [1.165, 1.54) is 24.0 Å². The molecule has 4 nitrogen and oxygen atoms in total. The van der Waals surface area contributed by atoms with Gasteiger partial charge in [-0.2, -0.15) is 0 Å². The highest BCUT2D eigenvalue weighted by molar-refractivity contribution is 14.0. The number of fused-ring (bicyclic) bond motifs is 1. The summed E-state index contributed by atoms with van der Waals surface area (Å²) in [5.41, 5.74) is 10.8. The summed E-state index contributed by atoms with van der Waals surface area (Å²) in [5.74, 6) is 1.05. The largest absolute Gasteiger partial charge is 0.495 e. The maximum Gasteiger partial charge on any atom is 0.193 e. The molecule has 0 aliphatic heterocycles. The van der Waals surface area contributed by atoms with Crippen molar-refractivity contribution < 1.29 is 4.74 Å². The number of hydrogen-bond donors (Lipinski definition) is 2. The molecule has 0 spiro atoms. The maximum absolute atomic E-state index is 6.11. The number of halogens is 2. The molecule has 0 radical (unpaired) electrons. The summed E-state index contributed by atoms with van der Waals surface area (Å²) in [6.07, 6.45) is 3.56. The number of nitrogens with two attached hydrogens (primary N) is 1. The normalized spacial score (nSPS) is 13.2. The first-order valence-electron chi connectivity index (χ1n) is 7.67. The van der Waals surface area contributed by atoms with Crippen molar-refractivity contribution in [3.8, 4) is 5.75 Å². The lowest BCUT2D eigenvalue weighted by Crippen LogP contribution is -2.22. The van der Waals surface area contributed by atoms with Crippen molar-refractivity contribution in [1.29, 1.82) is 0 Å². The molecular formula is C18H21ClIN3O. The molecule has 3 rings (SSSR count). The van der Waals surface area contributed by atoms with E-state index < -0.39 is 0 Å². The number of nitrogens with zero attached hydrogens (tertiary/aromatic N) is 1. The van der Waals surface area contributed by atoms with E-state index in [1.54, 1.807) is 7.11 Å². The molecule has 0 bridgehead atoms. The van der Waals surface area contributed by atoms with E-state index in [9.17, 15) is 0 Å². The molecule has 1 aliphatic carbocycles. The highest BCUT2D eigenvalue weighted by Crippen LogP contribution is 2.26. The van der Waals surface area contributed by atoms with Gasteiger partial charge in [-0.15, -0.1) is 24.0 Å². The molecular weight excluding hydrogens is 437 g/mol. The fourth-order valence-corrected chi connectivity index (χ4v) is 3.10. The average Bonchev–Trinajstić information content (AvgIpc) is 3.01. The topological polar surface area (TPSA) is 59.6 Å². The van der Waals surface area contributed by atoms with Crippen LogP contribution in [0.25, 0.3) is 0 Å². The van der Waals surface area contributed by atoms with Gasteiger partial charge in [0.15, 0.2) is 5.96 Å². The van der Waals surface area contributed by atoms with Crippen molar-refractivity contribution in [3.05, 3.63) is 58.1 Å². The lowest BCUT2D eigenvalue weighted by atomic mass is 10.1. The zero-order valence-electron chi connectivity index (χ0n) is 13.5. The van der Waals surface area contributed by atoms with E-state index in [0.717, 1.165) is 17.7 Å². The monoisotopic (exact) mass is 457 g/mol. The molecule has 2 aromatic carbocycles. The van der Waals surface area contributed by atoms with Crippen LogP contribution >= 0.6 is 35.6 Å². The fraction of sp³-hybridized carbons (Fsp3) is 0.278. The minimum atomic E-state index is 0. The Bertz CT molecular complexity index is 749. The lowest BCUT2D eigenvalue weighted by Gasteiger charge is -2.08. The van der Waals surface area contributed by atoms with Gasteiger partial charge in [-0.05, 0) is 60.2 Å². The van der Waals surface area contributed by atoms with Gasteiger partial charge < -0.3 is 15.8 Å². The summed E-state index contributed by atoms with van der Waals surface area (Å²) in [5, 5.41) is 3.72. The van der Waals surface area contributed by atoms with Crippen LogP contribution in [0.1, 0.15) is 23.1 Å². The number of guanidine groups is 1. The summed E-state index contributed by atoms with van der Waals surface area (Å²) in [7, 11) is 1.59. The van der Waals surface area contributed by atoms with Gasteiger partial charge in [-0.1, -0.05) is 23.7 Å². The first kappa shape index (κ1) is 18.9. The van der Waals surface area contributed by atoms with Crippen LogP contribution in [0.2, 0.25) is 5.02 Å². The van der Waals surface area contributed by atoms with E-state index >= 15 is 0 Å². The van der Waals surface area contributed by atoms with Crippen molar-refractivity contribution in [3.63, 3.8) is 0 Å². The Hall–Kier alpha value is -1.47. The molecule has 0 amide bonds. The highest BCUT2D eigenvalue weighted by atomic mass is 127. The molecule has 0 fully saturated rings. The third kappa shape index (κ3) is 4.54. The molecule has 1 aliphatic rings. The number of aliphatic imine (C=N–C) groups is 1. The molecule has 24 heavy (non-hydrogen) atoms. The minimum absolute atomic E-state index is 0. The van der Waals surface area contributed by atoms with Gasteiger partial charge in [0.2, 0.25) is 0 Å². The molecule has 0 saturated carbocycles. The zero-order chi connectivity index (χ0) is 16.2. The van der Waals surface area contributed by atoms with Crippen LogP contribution in [0, 0.1) is 0 Å². The number of benzene rings is 2. The Labute approximate surface area is 164 Å². The predicted molar refractivity (Wildman–Crippen MR) is 111 cm³/mol. The summed E-state index contributed by atoms with van der Waals surface area (Å²) in [4.78, 5) is 4.36. The molecule has 0 atom stereocenters. The van der Waals surface area contributed by atoms with E-state index in [0.29, 0.717) is 23.3 Å². The number of rotatable bonds is 4. The Kier molecular flexibility index (Phi) is 6.74. The predicted octanol–water partition coefficient (Wildman–Crippen LogP) is 4.38. The molecule has 2 aromatic rings. The van der Waals surface area contributed by atoms with Crippen molar-refractivity contribution in [2.75, 3.05) is 12.4 Å². The summed E-state index contributed by atoms with van der Waals surface area (Å²) >= 11 is 6.11. The quantitative estimate of drug-likeness (QED) is 0.407. The molecule has 128 valence electrons. The number of methoxy groups -OCH3 is 1. The van der Waals surface area contributed by atoms with Gasteiger partial charge in [0.25, 0.3) is 0 Å². The maximum atomic E-state index is 6.11. The van der Waals surface area contributed by atoms with Crippen molar-refractivity contribution in [2.45, 2.75) is 25.8 Å². The standard InChI is InChI=1S/C18H20ClN3O.HI/c1-23-17-8-5-12(9-16(17)19)11-21-18(20)22-15-7-6-13-3-2-4-14(13)10-15;/h5-10H,2-4,11H2,1H3,(H3,20,21,22);1H. The molecule has 3 N–H and O–H groups in total. The number of hydrogen-bond acceptors (Lipinski definition) is 2. The van der Waals surface area contributed by atoms with Gasteiger partial charge in [-0.3, -0.25) is 0 Å². The lowest BCUT2D eigenvalue weighted by molar-refractivity contribution is 0.415. The molecule has 0 unspecified atom stereocenters. The Morgan fingerprint density at radius 1 is 1.21 bits per heavy atom. The van der Waals surface area contributed by atoms with Gasteiger partial charge in [0.05, 0.1) is 18.7 Å². The van der Waals surface area contributed by atoms with Crippen molar-refractivity contribution in [2.24, 2.45) is 10.7 Å². The molecule has 0 heterocycles. The number of aryl methyl sites for hydroxylation is 2. The van der Waals surface area contributed by atoms with Crippen molar-refractivity contribution in [1.82, 2.24) is 0 Å². The van der Waals surface area contributed by atoms with Gasteiger partial charge >= 0.3 is 0 Å². The second-order valence-corrected chi connectivity index (χ2v) is 6.04. The van der Waals surface area contributed by atoms with Crippen molar-refractivity contribution >= 4 is 47.2 Å². The van der Waals surface area contributed by atoms with Crippen LogP contribution in [0.5, 0.6) is 5.75 Å². The van der Waals surface area contributed by atoms with E-state index in [1.807, 2.05) is 18.2 Å². The Morgan fingerprint density at radius 2 is 2.00 bits per heavy atom. The van der Waals surface area contributed by atoms with Gasteiger partial charge in [0, 0.05) is 5.69 Å². The first-order valence-corrected chi connectivity index (χ1v) is 8.04. The first-order chi connectivity index (χ1) is 11.2. The van der Waals surface area contributed by atoms with Gasteiger partial charge in [-0.25, -0.2) is 4.99 Å². The third-order valence-electron chi connectivity index (χ3n) is 4.02. The number of anilines is 1. The van der Waals surface area contributed by atoms with Crippen LogP contribution in [0.15, 0.2) is 41.4 Å². The number of nitrogens with one attached hydrogen (secondary N) is 1. The molecule has 0 aromatic heterocycles. The van der Waals surface area contributed by atoms with Crippen LogP contribution < -0.4 is 15.8 Å². The minimum Gasteiger partial charge on any atom is -0.495 e.